The number of carbonyl (C=O) groups excluding carboxylic acids is 2. The molecular formula is C15H13N3O5S. The predicted molar refractivity (Wildman–Crippen MR) is 85.3 cm³/mol. The molecule has 3 N–H and O–H groups in total. The number of benzene rings is 1. The third-order valence-corrected chi connectivity index (χ3v) is 4.87. The molecule has 1 unspecified atom stereocenters. The van der Waals surface area contributed by atoms with Crippen molar-refractivity contribution in [2.45, 2.75) is 17.2 Å². The summed E-state index contributed by atoms with van der Waals surface area (Å²) in [5.74, 6) is -2.12. The standard InChI is InChI=1S/C15H13N3O5S/c19-11-7-12-18(11)9(15(21)22)6-10(24-12)16-14(20)13(17-23)8-4-2-1-3-5-8/h1-6,10,12,23H,7H2,(H,16,20)(H,21,22)/t10?,12-/m1/s1. The van der Waals surface area contributed by atoms with E-state index in [2.05, 4.69) is 10.5 Å². The van der Waals surface area contributed by atoms with Gasteiger partial charge in [0.25, 0.3) is 5.91 Å². The number of hydrogen-bond donors (Lipinski definition) is 3. The van der Waals surface area contributed by atoms with E-state index in [1.54, 1.807) is 30.3 Å². The van der Waals surface area contributed by atoms with E-state index in [0.29, 0.717) is 5.56 Å². The Morgan fingerprint density at radius 2 is 2.00 bits per heavy atom. The number of amides is 2. The molecule has 0 aliphatic carbocycles. The second-order valence-electron chi connectivity index (χ2n) is 5.12. The molecule has 24 heavy (non-hydrogen) atoms. The molecule has 0 radical (unpaired) electrons. The highest BCUT2D eigenvalue weighted by molar-refractivity contribution is 8.00. The van der Waals surface area contributed by atoms with Crippen LogP contribution in [0.2, 0.25) is 0 Å². The molecule has 1 fully saturated rings. The van der Waals surface area contributed by atoms with Crippen molar-refractivity contribution in [2.75, 3.05) is 0 Å². The average molecular weight is 347 g/mol. The molecule has 8 nitrogen and oxygen atoms in total. The SMILES string of the molecule is O=C(O)C1=CC(NC(=O)C(=NO)c2ccccc2)S[C@@H]2CC(=O)N12. The lowest BCUT2D eigenvalue weighted by Gasteiger charge is -2.44. The van der Waals surface area contributed by atoms with E-state index in [1.165, 1.54) is 22.7 Å². The summed E-state index contributed by atoms with van der Waals surface area (Å²) >= 11 is 1.25. The number of hydrogen-bond acceptors (Lipinski definition) is 6. The Labute approximate surface area is 140 Å². The Kier molecular flexibility index (Phi) is 4.26. The first kappa shape index (κ1) is 16.1. The van der Waals surface area contributed by atoms with Crippen molar-refractivity contribution in [3.8, 4) is 0 Å². The van der Waals surface area contributed by atoms with Crippen LogP contribution in [0.1, 0.15) is 12.0 Å². The molecule has 2 aliphatic rings. The van der Waals surface area contributed by atoms with Gasteiger partial charge in [0.15, 0.2) is 5.71 Å². The molecule has 1 saturated heterocycles. The number of thioether (sulfide) groups is 1. The van der Waals surface area contributed by atoms with Crippen LogP contribution in [-0.4, -0.2) is 49.5 Å². The minimum absolute atomic E-state index is 0.150. The molecule has 0 bridgehead atoms. The van der Waals surface area contributed by atoms with Crippen molar-refractivity contribution in [2.24, 2.45) is 5.16 Å². The third-order valence-electron chi connectivity index (χ3n) is 3.63. The molecule has 124 valence electrons. The normalized spacial score (nSPS) is 23.0. The van der Waals surface area contributed by atoms with Crippen molar-refractivity contribution in [3.63, 3.8) is 0 Å². The number of carbonyl (C=O) groups is 3. The van der Waals surface area contributed by atoms with Crippen LogP contribution in [0.5, 0.6) is 0 Å². The number of aliphatic carboxylic acids is 1. The molecule has 1 aromatic carbocycles. The van der Waals surface area contributed by atoms with Crippen LogP contribution >= 0.6 is 11.8 Å². The highest BCUT2D eigenvalue weighted by Gasteiger charge is 2.45. The van der Waals surface area contributed by atoms with Crippen LogP contribution in [0.3, 0.4) is 0 Å². The fourth-order valence-electron chi connectivity index (χ4n) is 2.50. The zero-order chi connectivity index (χ0) is 17.3. The Balaban J connectivity index is 1.78. The summed E-state index contributed by atoms with van der Waals surface area (Å²) in [6.07, 6.45) is 1.53. The van der Waals surface area contributed by atoms with Crippen LogP contribution in [0, 0.1) is 0 Å². The van der Waals surface area contributed by atoms with Crippen molar-refractivity contribution in [1.82, 2.24) is 10.2 Å². The van der Waals surface area contributed by atoms with Gasteiger partial charge in [0.2, 0.25) is 5.91 Å². The van der Waals surface area contributed by atoms with Crippen molar-refractivity contribution in [1.29, 1.82) is 0 Å². The van der Waals surface area contributed by atoms with Gasteiger partial charge < -0.3 is 15.6 Å². The minimum atomic E-state index is -1.23. The molecule has 2 atom stereocenters. The predicted octanol–water partition coefficient (Wildman–Crippen LogP) is 0.581. The summed E-state index contributed by atoms with van der Waals surface area (Å²) < 4.78 is 0. The van der Waals surface area contributed by atoms with Gasteiger partial charge in [-0.25, -0.2) is 4.79 Å². The summed E-state index contributed by atoms with van der Waals surface area (Å²) in [7, 11) is 0. The van der Waals surface area contributed by atoms with Gasteiger partial charge in [-0.05, 0) is 6.08 Å². The average Bonchev–Trinajstić information content (AvgIpc) is 2.55. The number of nitrogens with one attached hydrogen (secondary N) is 1. The number of carboxylic acids is 1. The largest absolute Gasteiger partial charge is 0.477 e. The topological polar surface area (TPSA) is 119 Å². The van der Waals surface area contributed by atoms with E-state index in [-0.39, 0.29) is 29.1 Å². The first-order valence-electron chi connectivity index (χ1n) is 7.02. The molecule has 2 amide bonds. The third kappa shape index (κ3) is 2.85. The summed E-state index contributed by atoms with van der Waals surface area (Å²) in [4.78, 5) is 36.3. The van der Waals surface area contributed by atoms with E-state index in [1.807, 2.05) is 0 Å². The highest BCUT2D eigenvalue weighted by Crippen LogP contribution is 2.39. The summed E-state index contributed by atoms with van der Waals surface area (Å²) in [5.41, 5.74) is 0.109. The zero-order valence-corrected chi connectivity index (χ0v) is 13.1. The Morgan fingerprint density at radius 1 is 1.29 bits per heavy atom. The van der Waals surface area contributed by atoms with Gasteiger partial charge in [-0.15, -0.1) is 11.8 Å². The lowest BCUT2D eigenvalue weighted by Crippen LogP contribution is -2.56. The highest BCUT2D eigenvalue weighted by atomic mass is 32.2. The fourth-order valence-corrected chi connectivity index (χ4v) is 3.81. The van der Waals surface area contributed by atoms with E-state index < -0.39 is 17.3 Å². The van der Waals surface area contributed by atoms with E-state index in [9.17, 15) is 19.5 Å². The van der Waals surface area contributed by atoms with Crippen LogP contribution in [-0.2, 0) is 14.4 Å². The number of fused-ring (bicyclic) bond motifs is 1. The van der Waals surface area contributed by atoms with Gasteiger partial charge in [0.1, 0.15) is 5.70 Å². The summed E-state index contributed by atoms with van der Waals surface area (Å²) in [6, 6.07) is 8.39. The number of oxime groups is 1. The van der Waals surface area contributed by atoms with Crippen molar-refractivity contribution in [3.05, 3.63) is 47.7 Å². The molecule has 0 aromatic heterocycles. The van der Waals surface area contributed by atoms with Gasteiger partial charge >= 0.3 is 5.97 Å². The zero-order valence-electron chi connectivity index (χ0n) is 12.2. The first-order valence-corrected chi connectivity index (χ1v) is 7.96. The van der Waals surface area contributed by atoms with Gasteiger partial charge in [0, 0.05) is 5.56 Å². The van der Waals surface area contributed by atoms with Crippen LogP contribution < -0.4 is 5.32 Å². The number of β-lactam (4-membered cyclic amide) rings is 1. The number of nitrogens with zero attached hydrogens (tertiary/aromatic N) is 2. The lowest BCUT2D eigenvalue weighted by molar-refractivity contribution is -0.146. The van der Waals surface area contributed by atoms with Crippen LogP contribution in [0.15, 0.2) is 47.3 Å². The van der Waals surface area contributed by atoms with Crippen LogP contribution in [0.4, 0.5) is 0 Å². The molecule has 3 rings (SSSR count). The summed E-state index contributed by atoms with van der Waals surface area (Å²) in [5, 5.41) is 23.0. The minimum Gasteiger partial charge on any atom is -0.477 e. The second kappa shape index (κ2) is 6.36. The van der Waals surface area contributed by atoms with Crippen molar-refractivity contribution < 1.29 is 24.7 Å². The quantitative estimate of drug-likeness (QED) is 0.317. The Hall–Kier alpha value is -2.81. The Bertz CT molecular complexity index is 762. The molecular weight excluding hydrogens is 334 g/mol. The summed E-state index contributed by atoms with van der Waals surface area (Å²) in [6.45, 7) is 0. The van der Waals surface area contributed by atoms with Gasteiger partial charge in [-0.1, -0.05) is 35.5 Å². The lowest BCUT2D eigenvalue weighted by atomic mass is 10.1. The maximum absolute atomic E-state index is 12.3. The first-order chi connectivity index (χ1) is 11.5. The number of rotatable bonds is 4. The molecule has 2 aliphatic heterocycles. The van der Waals surface area contributed by atoms with Gasteiger partial charge in [-0.3, -0.25) is 14.5 Å². The maximum Gasteiger partial charge on any atom is 0.352 e. The van der Waals surface area contributed by atoms with Crippen LogP contribution in [0.25, 0.3) is 0 Å². The smallest absolute Gasteiger partial charge is 0.352 e. The van der Waals surface area contributed by atoms with E-state index >= 15 is 0 Å². The van der Waals surface area contributed by atoms with E-state index in [4.69, 9.17) is 5.21 Å². The molecule has 0 spiro atoms. The van der Waals surface area contributed by atoms with Gasteiger partial charge in [-0.2, -0.15) is 0 Å². The van der Waals surface area contributed by atoms with E-state index in [0.717, 1.165) is 0 Å². The molecule has 0 saturated carbocycles. The maximum atomic E-state index is 12.3. The molecule has 9 heteroatoms. The van der Waals surface area contributed by atoms with Crippen molar-refractivity contribution >= 4 is 35.3 Å². The number of carboxylic acid groups (broad SMARTS) is 1. The second-order valence-corrected chi connectivity index (χ2v) is 6.45. The van der Waals surface area contributed by atoms with Gasteiger partial charge in [0.05, 0.1) is 17.2 Å². The molecule has 2 heterocycles. The fraction of sp³-hybridized carbons (Fsp3) is 0.200. The molecule has 1 aromatic rings. The monoisotopic (exact) mass is 347 g/mol. The Morgan fingerprint density at radius 3 is 2.58 bits per heavy atom.